The number of hydrogen-bond donors (Lipinski definition) is 2. The second-order valence-corrected chi connectivity index (χ2v) is 9.14. The van der Waals surface area contributed by atoms with Crippen LogP contribution in [0.25, 0.3) is 10.9 Å². The molecular weight excluding hydrogens is 352 g/mol. The highest BCUT2D eigenvalue weighted by atomic mass is 16.5. The SMILES string of the molecule is CC(C)OC(=O)[C@@H]1[C@H]2C[C@H]3c4[nH]c5ccccc5c4CCN3C[C@@H]2CC[C@@H]1O. The number of H-pyrrole nitrogens is 1. The number of ether oxygens (including phenoxy) is 1. The summed E-state index contributed by atoms with van der Waals surface area (Å²) in [7, 11) is 0. The number of benzene rings is 1. The quantitative estimate of drug-likeness (QED) is 0.781. The fourth-order valence-corrected chi connectivity index (χ4v) is 5.98. The van der Waals surface area contributed by atoms with Gasteiger partial charge in [-0.2, -0.15) is 0 Å². The van der Waals surface area contributed by atoms with Crippen molar-refractivity contribution in [2.45, 2.75) is 57.8 Å². The Kier molecular flexibility index (Phi) is 4.48. The lowest BCUT2D eigenvalue weighted by atomic mass is 9.65. The van der Waals surface area contributed by atoms with Gasteiger partial charge in [-0.05, 0) is 63.0 Å². The summed E-state index contributed by atoms with van der Waals surface area (Å²) in [6, 6.07) is 8.84. The molecule has 5 heteroatoms. The van der Waals surface area contributed by atoms with E-state index in [9.17, 15) is 9.90 Å². The van der Waals surface area contributed by atoms with Crippen molar-refractivity contribution < 1.29 is 14.6 Å². The summed E-state index contributed by atoms with van der Waals surface area (Å²) in [5.74, 6) is 0.0558. The van der Waals surface area contributed by atoms with Gasteiger partial charge >= 0.3 is 5.97 Å². The van der Waals surface area contributed by atoms with Crippen molar-refractivity contribution in [3.63, 3.8) is 0 Å². The summed E-state index contributed by atoms with van der Waals surface area (Å²) < 4.78 is 5.54. The topological polar surface area (TPSA) is 65.6 Å². The molecule has 0 amide bonds. The number of carbonyl (C=O) groups excluding carboxylic acids is 1. The molecule has 1 saturated heterocycles. The molecule has 2 fully saturated rings. The summed E-state index contributed by atoms with van der Waals surface area (Å²) in [4.78, 5) is 19.1. The van der Waals surface area contributed by atoms with Crippen LogP contribution in [0.2, 0.25) is 0 Å². The van der Waals surface area contributed by atoms with E-state index in [2.05, 4.69) is 34.1 Å². The molecule has 0 unspecified atom stereocenters. The highest BCUT2D eigenvalue weighted by molar-refractivity contribution is 5.85. The Morgan fingerprint density at radius 1 is 1.29 bits per heavy atom. The average Bonchev–Trinajstić information content (AvgIpc) is 3.05. The van der Waals surface area contributed by atoms with E-state index in [4.69, 9.17) is 4.74 Å². The first-order chi connectivity index (χ1) is 13.5. The Balaban J connectivity index is 1.48. The van der Waals surface area contributed by atoms with Crippen molar-refractivity contribution in [2.75, 3.05) is 13.1 Å². The van der Waals surface area contributed by atoms with Gasteiger partial charge in [0.2, 0.25) is 0 Å². The number of rotatable bonds is 2. The fourth-order valence-electron chi connectivity index (χ4n) is 5.98. The van der Waals surface area contributed by atoms with Crippen LogP contribution in [0, 0.1) is 17.8 Å². The summed E-state index contributed by atoms with van der Waals surface area (Å²) in [6.07, 6.45) is 2.98. The number of aromatic amines is 1. The van der Waals surface area contributed by atoms with Crippen LogP contribution in [0.15, 0.2) is 24.3 Å². The minimum Gasteiger partial charge on any atom is -0.463 e. The monoisotopic (exact) mass is 382 g/mol. The van der Waals surface area contributed by atoms with Gasteiger partial charge in [0.15, 0.2) is 0 Å². The third-order valence-electron chi connectivity index (χ3n) is 7.17. The molecule has 5 atom stereocenters. The Morgan fingerprint density at radius 2 is 2.11 bits per heavy atom. The Labute approximate surface area is 166 Å². The Hall–Kier alpha value is -1.85. The lowest BCUT2D eigenvalue weighted by molar-refractivity contribution is -0.167. The number of aliphatic hydroxyl groups excluding tert-OH is 1. The molecule has 5 nitrogen and oxygen atoms in total. The first kappa shape index (κ1) is 18.2. The van der Waals surface area contributed by atoms with Gasteiger partial charge in [0.05, 0.1) is 24.2 Å². The zero-order valence-electron chi connectivity index (χ0n) is 16.7. The van der Waals surface area contributed by atoms with E-state index in [0.29, 0.717) is 18.4 Å². The standard InChI is InChI=1S/C23H30N2O3/c1-13(2)28-23(27)21-17-11-19-22-16(15-5-3-4-6-18(15)24-22)9-10-25(19)12-14(17)7-8-20(21)26/h3-6,13-14,17,19-21,24,26H,7-12H2,1-2H3/t14-,17-,19-,20-,21+/m0/s1. The van der Waals surface area contributed by atoms with Crippen LogP contribution < -0.4 is 0 Å². The van der Waals surface area contributed by atoms with Crippen molar-refractivity contribution in [2.24, 2.45) is 17.8 Å². The van der Waals surface area contributed by atoms with E-state index in [1.807, 2.05) is 13.8 Å². The van der Waals surface area contributed by atoms with E-state index in [0.717, 1.165) is 32.4 Å². The maximum Gasteiger partial charge on any atom is 0.312 e. The molecule has 1 aromatic heterocycles. The lowest BCUT2D eigenvalue weighted by Crippen LogP contribution is -2.53. The highest BCUT2D eigenvalue weighted by Gasteiger charge is 2.49. The number of nitrogens with one attached hydrogen (secondary N) is 1. The van der Waals surface area contributed by atoms with E-state index in [-0.39, 0.29) is 18.0 Å². The minimum absolute atomic E-state index is 0.143. The number of piperidine rings is 1. The fraction of sp³-hybridized carbons (Fsp3) is 0.609. The van der Waals surface area contributed by atoms with Crippen molar-refractivity contribution in [1.29, 1.82) is 0 Å². The van der Waals surface area contributed by atoms with E-state index < -0.39 is 12.0 Å². The van der Waals surface area contributed by atoms with E-state index in [1.165, 1.54) is 22.2 Å². The highest BCUT2D eigenvalue weighted by Crippen LogP contribution is 2.49. The number of para-hydroxylation sites is 1. The molecule has 28 heavy (non-hydrogen) atoms. The van der Waals surface area contributed by atoms with Gasteiger partial charge in [-0.1, -0.05) is 18.2 Å². The zero-order chi connectivity index (χ0) is 19.4. The predicted molar refractivity (Wildman–Crippen MR) is 108 cm³/mol. The summed E-state index contributed by atoms with van der Waals surface area (Å²) in [5, 5.41) is 12.0. The maximum atomic E-state index is 12.8. The lowest BCUT2D eigenvalue weighted by Gasteiger charge is -2.51. The van der Waals surface area contributed by atoms with Crippen LogP contribution >= 0.6 is 0 Å². The van der Waals surface area contributed by atoms with Gasteiger partial charge in [-0.25, -0.2) is 0 Å². The van der Waals surface area contributed by atoms with Crippen LogP contribution in [-0.2, 0) is 16.0 Å². The molecule has 2 N–H and O–H groups in total. The summed E-state index contributed by atoms with van der Waals surface area (Å²) >= 11 is 0. The Morgan fingerprint density at radius 3 is 2.93 bits per heavy atom. The van der Waals surface area contributed by atoms with Crippen molar-refractivity contribution >= 4 is 16.9 Å². The first-order valence-electron chi connectivity index (χ1n) is 10.7. The molecule has 5 rings (SSSR count). The second-order valence-electron chi connectivity index (χ2n) is 9.14. The van der Waals surface area contributed by atoms with Crippen LogP contribution in [0.1, 0.15) is 50.4 Å². The van der Waals surface area contributed by atoms with E-state index in [1.54, 1.807) is 0 Å². The number of hydrogen-bond acceptors (Lipinski definition) is 4. The number of carbonyl (C=O) groups is 1. The molecule has 3 aliphatic rings. The number of nitrogens with zero attached hydrogens (tertiary/aromatic N) is 1. The van der Waals surface area contributed by atoms with Crippen molar-refractivity contribution in [3.05, 3.63) is 35.5 Å². The van der Waals surface area contributed by atoms with Gasteiger partial charge in [-0.15, -0.1) is 0 Å². The maximum absolute atomic E-state index is 12.8. The number of aromatic nitrogens is 1. The minimum atomic E-state index is -0.579. The smallest absolute Gasteiger partial charge is 0.312 e. The molecule has 2 aromatic rings. The second kappa shape index (κ2) is 6.89. The molecule has 2 aliphatic heterocycles. The van der Waals surface area contributed by atoms with Gasteiger partial charge in [0.25, 0.3) is 0 Å². The summed E-state index contributed by atoms with van der Waals surface area (Å²) in [6.45, 7) is 5.85. The van der Waals surface area contributed by atoms with E-state index >= 15 is 0 Å². The molecule has 3 heterocycles. The average molecular weight is 383 g/mol. The number of esters is 1. The largest absolute Gasteiger partial charge is 0.463 e. The molecular formula is C23H30N2O3. The third kappa shape index (κ3) is 2.87. The zero-order valence-corrected chi connectivity index (χ0v) is 16.7. The van der Waals surface area contributed by atoms with Gasteiger partial charge < -0.3 is 14.8 Å². The van der Waals surface area contributed by atoms with Gasteiger partial charge in [0.1, 0.15) is 0 Å². The van der Waals surface area contributed by atoms with Crippen molar-refractivity contribution in [3.8, 4) is 0 Å². The molecule has 0 spiro atoms. The van der Waals surface area contributed by atoms with Crippen molar-refractivity contribution in [1.82, 2.24) is 9.88 Å². The van der Waals surface area contributed by atoms with Gasteiger partial charge in [0, 0.05) is 29.7 Å². The number of fused-ring (bicyclic) bond motifs is 6. The number of aliphatic hydroxyl groups is 1. The third-order valence-corrected chi connectivity index (χ3v) is 7.17. The van der Waals surface area contributed by atoms with Gasteiger partial charge in [-0.3, -0.25) is 9.69 Å². The van der Waals surface area contributed by atoms with Crippen LogP contribution in [-0.4, -0.2) is 46.3 Å². The molecule has 1 aliphatic carbocycles. The first-order valence-corrected chi connectivity index (χ1v) is 10.7. The van der Waals surface area contributed by atoms with Crippen LogP contribution in [0.5, 0.6) is 0 Å². The molecule has 150 valence electrons. The van der Waals surface area contributed by atoms with Crippen LogP contribution in [0.4, 0.5) is 0 Å². The normalized spacial score (nSPS) is 32.6. The molecule has 1 saturated carbocycles. The molecule has 0 bridgehead atoms. The molecule has 1 aromatic carbocycles. The Bertz CT molecular complexity index is 889. The van der Waals surface area contributed by atoms with Crippen LogP contribution in [0.3, 0.4) is 0 Å². The molecule has 0 radical (unpaired) electrons. The predicted octanol–water partition coefficient (Wildman–Crippen LogP) is 3.43. The summed E-state index contributed by atoms with van der Waals surface area (Å²) in [5.41, 5.74) is 3.96.